The number of carboxylic acid groups (broad SMARTS) is 1. The van der Waals surface area contributed by atoms with Gasteiger partial charge < -0.3 is 15.5 Å². The number of nitrogens with zero attached hydrogens (tertiary/aromatic N) is 1. The van der Waals surface area contributed by atoms with Crippen LogP contribution in [-0.2, 0) is 16.1 Å². The lowest BCUT2D eigenvalue weighted by atomic mass is 10.0. The Morgan fingerprint density at radius 3 is 2.54 bits per heavy atom. The summed E-state index contributed by atoms with van der Waals surface area (Å²) in [4.78, 5) is 23.8. The Hall–Kier alpha value is -1.44. The summed E-state index contributed by atoms with van der Waals surface area (Å²) >= 11 is 1.67. The first-order valence-corrected chi connectivity index (χ1v) is 9.16. The van der Waals surface area contributed by atoms with Crippen LogP contribution in [0.15, 0.2) is 17.5 Å². The summed E-state index contributed by atoms with van der Waals surface area (Å²) < 4.78 is 0. The van der Waals surface area contributed by atoms with Gasteiger partial charge in [0.2, 0.25) is 5.91 Å². The second-order valence-electron chi connectivity index (χ2n) is 6.65. The van der Waals surface area contributed by atoms with Crippen LogP contribution in [0.4, 0.5) is 0 Å². The fourth-order valence-corrected chi connectivity index (χ4v) is 4.57. The highest BCUT2D eigenvalue weighted by Gasteiger charge is 2.42. The largest absolute Gasteiger partial charge is 0.483 e. The molecule has 2 aliphatic rings. The first kappa shape index (κ1) is 18.9. The molecule has 24 heavy (non-hydrogen) atoms. The zero-order valence-corrected chi connectivity index (χ0v) is 14.7. The standard InChI is InChI=1S/C16H24N2O2S.CH2O2/c1-18(10-16(20)17-9-15-3-2-4-21-15)13-5-11-7-14(19)8-12(11)6-13;2-1-3/h2-4,11-14,19H,5-10H2,1H3,(H,17,20);1H,(H,2,3)/t11-,12+,13?,14?;. The maximum atomic E-state index is 12.0. The van der Waals surface area contributed by atoms with Gasteiger partial charge in [-0.2, -0.15) is 0 Å². The third kappa shape index (κ3) is 5.29. The molecular weight excluding hydrogens is 328 g/mol. The summed E-state index contributed by atoms with van der Waals surface area (Å²) in [5.41, 5.74) is 0. The number of aliphatic hydroxyl groups is 1. The van der Waals surface area contributed by atoms with Gasteiger partial charge in [0.1, 0.15) is 0 Å². The number of hydrogen-bond acceptors (Lipinski definition) is 5. The molecule has 134 valence electrons. The van der Waals surface area contributed by atoms with Gasteiger partial charge >= 0.3 is 0 Å². The van der Waals surface area contributed by atoms with Gasteiger partial charge in [-0.05, 0) is 56.0 Å². The predicted molar refractivity (Wildman–Crippen MR) is 92.7 cm³/mol. The van der Waals surface area contributed by atoms with E-state index in [1.165, 1.54) is 4.88 Å². The summed E-state index contributed by atoms with van der Waals surface area (Å²) in [5.74, 6) is 1.44. The number of likely N-dealkylation sites (N-methyl/N-ethyl adjacent to an activating group) is 1. The van der Waals surface area contributed by atoms with Crippen molar-refractivity contribution in [3.63, 3.8) is 0 Å². The second-order valence-corrected chi connectivity index (χ2v) is 7.68. The van der Waals surface area contributed by atoms with E-state index in [1.807, 2.05) is 24.6 Å². The monoisotopic (exact) mass is 354 g/mol. The van der Waals surface area contributed by atoms with E-state index in [1.54, 1.807) is 11.3 Å². The summed E-state index contributed by atoms with van der Waals surface area (Å²) in [5, 5.41) is 21.6. The molecule has 1 heterocycles. The van der Waals surface area contributed by atoms with Crippen molar-refractivity contribution < 1.29 is 19.8 Å². The lowest BCUT2D eigenvalue weighted by molar-refractivity contribution is -0.123. The molecule has 0 aromatic carbocycles. The Balaban J connectivity index is 0.000000647. The Morgan fingerprint density at radius 2 is 2.00 bits per heavy atom. The lowest BCUT2D eigenvalue weighted by Crippen LogP contribution is -2.39. The molecule has 2 aliphatic carbocycles. The Morgan fingerprint density at radius 1 is 1.38 bits per heavy atom. The van der Waals surface area contributed by atoms with Crippen molar-refractivity contribution >= 4 is 23.7 Å². The SMILES string of the molecule is CN(CC(=O)NCc1cccs1)C1C[C@H]2CC(O)C[C@H]2C1.O=CO. The van der Waals surface area contributed by atoms with E-state index in [-0.39, 0.29) is 18.5 Å². The van der Waals surface area contributed by atoms with Crippen LogP contribution in [0.5, 0.6) is 0 Å². The Labute approximate surface area is 146 Å². The minimum absolute atomic E-state index is 0.0830. The number of rotatable bonds is 5. The van der Waals surface area contributed by atoms with Crippen molar-refractivity contribution in [1.82, 2.24) is 10.2 Å². The van der Waals surface area contributed by atoms with Gasteiger partial charge in [0, 0.05) is 10.9 Å². The minimum atomic E-state index is -0.250. The zero-order valence-electron chi connectivity index (χ0n) is 13.9. The number of carbonyl (C=O) groups is 2. The summed E-state index contributed by atoms with van der Waals surface area (Å²) in [6, 6.07) is 4.54. The normalized spacial score (nSPS) is 28.1. The molecule has 0 spiro atoms. The topological polar surface area (TPSA) is 89.9 Å². The molecule has 2 saturated carbocycles. The molecule has 1 amide bonds. The fraction of sp³-hybridized carbons (Fsp3) is 0.647. The third-order valence-electron chi connectivity index (χ3n) is 5.02. The van der Waals surface area contributed by atoms with Crippen LogP contribution in [0.2, 0.25) is 0 Å². The van der Waals surface area contributed by atoms with Crippen molar-refractivity contribution in [2.24, 2.45) is 11.8 Å². The smallest absolute Gasteiger partial charge is 0.290 e. The predicted octanol–water partition coefficient (Wildman–Crippen LogP) is 1.55. The third-order valence-corrected chi connectivity index (χ3v) is 5.90. The highest BCUT2D eigenvalue weighted by atomic mass is 32.1. The van der Waals surface area contributed by atoms with Crippen LogP contribution in [0.1, 0.15) is 30.6 Å². The van der Waals surface area contributed by atoms with Crippen molar-refractivity contribution in [3.8, 4) is 0 Å². The molecule has 3 rings (SSSR count). The molecule has 2 fully saturated rings. The van der Waals surface area contributed by atoms with Crippen LogP contribution in [0, 0.1) is 11.8 Å². The van der Waals surface area contributed by atoms with Crippen LogP contribution < -0.4 is 5.32 Å². The van der Waals surface area contributed by atoms with Crippen LogP contribution in [0.25, 0.3) is 0 Å². The molecule has 0 bridgehead atoms. The van der Waals surface area contributed by atoms with Gasteiger partial charge in [-0.3, -0.25) is 14.5 Å². The van der Waals surface area contributed by atoms with E-state index in [4.69, 9.17) is 9.90 Å². The van der Waals surface area contributed by atoms with E-state index in [9.17, 15) is 9.90 Å². The van der Waals surface area contributed by atoms with Crippen molar-refractivity contribution in [2.75, 3.05) is 13.6 Å². The van der Waals surface area contributed by atoms with E-state index in [0.29, 0.717) is 31.0 Å². The quantitative estimate of drug-likeness (QED) is 0.698. The number of aliphatic hydroxyl groups excluding tert-OH is 1. The molecule has 3 N–H and O–H groups in total. The van der Waals surface area contributed by atoms with E-state index in [2.05, 4.69) is 10.2 Å². The molecule has 7 heteroatoms. The minimum Gasteiger partial charge on any atom is -0.483 e. The van der Waals surface area contributed by atoms with E-state index >= 15 is 0 Å². The van der Waals surface area contributed by atoms with E-state index < -0.39 is 0 Å². The molecule has 1 aromatic rings. The molecule has 0 radical (unpaired) electrons. The van der Waals surface area contributed by atoms with Crippen molar-refractivity contribution in [2.45, 2.75) is 44.4 Å². The van der Waals surface area contributed by atoms with Gasteiger partial charge in [-0.25, -0.2) is 0 Å². The van der Waals surface area contributed by atoms with Crippen LogP contribution >= 0.6 is 11.3 Å². The van der Waals surface area contributed by atoms with E-state index in [0.717, 1.165) is 25.7 Å². The van der Waals surface area contributed by atoms with Crippen LogP contribution in [-0.4, -0.2) is 53.2 Å². The van der Waals surface area contributed by atoms with Crippen LogP contribution in [0.3, 0.4) is 0 Å². The Kier molecular flexibility index (Phi) is 7.20. The zero-order chi connectivity index (χ0) is 17.5. The second kappa shape index (κ2) is 9.15. The molecular formula is C17H26N2O4S. The van der Waals surface area contributed by atoms with Gasteiger partial charge in [-0.15, -0.1) is 11.3 Å². The molecule has 0 saturated heterocycles. The fourth-order valence-electron chi connectivity index (χ4n) is 3.92. The highest BCUT2D eigenvalue weighted by Crippen LogP contribution is 2.45. The van der Waals surface area contributed by atoms with Gasteiger partial charge in [0.15, 0.2) is 0 Å². The molecule has 1 aromatic heterocycles. The molecule has 4 atom stereocenters. The maximum absolute atomic E-state index is 12.0. The number of carbonyl (C=O) groups excluding carboxylic acids is 1. The summed E-state index contributed by atoms with van der Waals surface area (Å²) in [6.45, 7) is 0.852. The van der Waals surface area contributed by atoms with Gasteiger partial charge in [0.05, 0.1) is 19.2 Å². The number of fused-ring (bicyclic) bond motifs is 1. The first-order valence-electron chi connectivity index (χ1n) is 8.28. The average Bonchev–Trinajstić information content (AvgIpc) is 3.21. The molecule has 2 unspecified atom stereocenters. The van der Waals surface area contributed by atoms with Gasteiger partial charge in [-0.1, -0.05) is 6.07 Å². The summed E-state index contributed by atoms with van der Waals surface area (Å²) in [6.07, 6.45) is 4.10. The average molecular weight is 354 g/mol. The maximum Gasteiger partial charge on any atom is 0.290 e. The number of hydrogen-bond donors (Lipinski definition) is 3. The highest BCUT2D eigenvalue weighted by molar-refractivity contribution is 7.09. The summed E-state index contributed by atoms with van der Waals surface area (Å²) in [7, 11) is 2.05. The van der Waals surface area contributed by atoms with Crippen molar-refractivity contribution in [3.05, 3.63) is 22.4 Å². The Bertz CT molecular complexity index is 509. The van der Waals surface area contributed by atoms with Gasteiger partial charge in [0.25, 0.3) is 6.47 Å². The number of amides is 1. The molecule has 6 nitrogen and oxygen atoms in total. The number of nitrogens with one attached hydrogen (secondary N) is 1. The molecule has 0 aliphatic heterocycles. The van der Waals surface area contributed by atoms with Crippen molar-refractivity contribution in [1.29, 1.82) is 0 Å². The first-order chi connectivity index (χ1) is 11.5. The number of thiophene rings is 1. The lowest BCUT2D eigenvalue weighted by Gasteiger charge is -2.24.